The standard InChI is InChI=1S/C21H25ClN2O4/c1-2-27-11-5-10-23-19(25)17-16-8-9-21(28-16)13-24(20(26)18(17)21)12-14-6-3-4-7-15(14)22/h3-4,6-9,16-18H,2,5,10-13H2,1H3,(H,23,25)/t16-,17-,18-,21+/m0/s1. The zero-order valence-corrected chi connectivity index (χ0v) is 16.7. The van der Waals surface area contributed by atoms with Gasteiger partial charge in [0.05, 0.1) is 24.5 Å². The number of nitrogens with one attached hydrogen (secondary N) is 1. The number of carbonyl (C=O) groups excluding carboxylic acids is 2. The molecule has 28 heavy (non-hydrogen) atoms. The lowest BCUT2D eigenvalue weighted by Crippen LogP contribution is -2.44. The van der Waals surface area contributed by atoms with Crippen LogP contribution in [0.4, 0.5) is 0 Å². The van der Waals surface area contributed by atoms with Crippen molar-refractivity contribution in [3.05, 3.63) is 47.0 Å². The molecule has 2 saturated heterocycles. The highest BCUT2D eigenvalue weighted by Crippen LogP contribution is 2.52. The Morgan fingerprint density at radius 1 is 1.43 bits per heavy atom. The van der Waals surface area contributed by atoms with E-state index < -0.39 is 17.4 Å². The molecule has 7 heteroatoms. The van der Waals surface area contributed by atoms with Crippen LogP contribution in [0.2, 0.25) is 5.02 Å². The number of nitrogens with zero attached hydrogens (tertiary/aromatic N) is 1. The Hall–Kier alpha value is -1.89. The molecule has 150 valence electrons. The Kier molecular flexibility index (Phi) is 5.45. The predicted molar refractivity (Wildman–Crippen MR) is 105 cm³/mol. The lowest BCUT2D eigenvalue weighted by atomic mass is 9.77. The van der Waals surface area contributed by atoms with Crippen molar-refractivity contribution < 1.29 is 19.1 Å². The minimum absolute atomic E-state index is 0.0405. The minimum Gasteiger partial charge on any atom is -0.382 e. The molecular weight excluding hydrogens is 380 g/mol. The van der Waals surface area contributed by atoms with Crippen LogP contribution in [-0.2, 0) is 25.6 Å². The molecule has 0 radical (unpaired) electrons. The minimum atomic E-state index is -0.698. The molecule has 0 aliphatic carbocycles. The number of rotatable bonds is 8. The lowest BCUT2D eigenvalue weighted by Gasteiger charge is -2.23. The molecule has 2 bridgehead atoms. The molecule has 3 heterocycles. The summed E-state index contributed by atoms with van der Waals surface area (Å²) in [5.41, 5.74) is 0.195. The van der Waals surface area contributed by atoms with Crippen molar-refractivity contribution in [2.24, 2.45) is 11.8 Å². The summed E-state index contributed by atoms with van der Waals surface area (Å²) in [6, 6.07) is 7.50. The maximum atomic E-state index is 13.2. The highest BCUT2D eigenvalue weighted by atomic mass is 35.5. The van der Waals surface area contributed by atoms with E-state index in [-0.39, 0.29) is 17.9 Å². The van der Waals surface area contributed by atoms with Crippen molar-refractivity contribution in [2.75, 3.05) is 26.3 Å². The van der Waals surface area contributed by atoms with Crippen molar-refractivity contribution in [1.82, 2.24) is 10.2 Å². The molecule has 6 nitrogen and oxygen atoms in total. The predicted octanol–water partition coefficient (Wildman–Crippen LogP) is 2.16. The summed E-state index contributed by atoms with van der Waals surface area (Å²) >= 11 is 6.26. The maximum Gasteiger partial charge on any atom is 0.230 e. The molecule has 1 spiro atoms. The van der Waals surface area contributed by atoms with Crippen molar-refractivity contribution in [1.29, 1.82) is 0 Å². The van der Waals surface area contributed by atoms with E-state index in [0.29, 0.717) is 37.9 Å². The molecule has 3 aliphatic rings. The molecule has 4 atom stereocenters. The van der Waals surface area contributed by atoms with Crippen LogP contribution in [0.3, 0.4) is 0 Å². The SMILES string of the molecule is CCOCCCNC(=O)[C@H]1[C@@H]2C=C[C@]3(CN(Cc4ccccc4Cl)C(=O)[C@H]13)O2. The second-order valence-corrected chi connectivity index (χ2v) is 7.93. The van der Waals surface area contributed by atoms with Gasteiger partial charge < -0.3 is 19.7 Å². The summed E-state index contributed by atoms with van der Waals surface area (Å²) in [6.07, 6.45) is 4.30. The molecule has 0 saturated carbocycles. The average molecular weight is 405 g/mol. The Labute approximate surface area is 169 Å². The number of carbonyl (C=O) groups is 2. The van der Waals surface area contributed by atoms with Gasteiger partial charge in [0.2, 0.25) is 11.8 Å². The van der Waals surface area contributed by atoms with Gasteiger partial charge in [-0.05, 0) is 25.0 Å². The van der Waals surface area contributed by atoms with Crippen LogP contribution in [-0.4, -0.2) is 54.7 Å². The van der Waals surface area contributed by atoms with Crippen LogP contribution in [0.25, 0.3) is 0 Å². The van der Waals surface area contributed by atoms with Crippen LogP contribution < -0.4 is 5.32 Å². The molecule has 2 fully saturated rings. The van der Waals surface area contributed by atoms with E-state index in [0.717, 1.165) is 12.0 Å². The zero-order valence-electron chi connectivity index (χ0n) is 15.9. The molecular formula is C21H25ClN2O4. The summed E-state index contributed by atoms with van der Waals surface area (Å²) in [5, 5.41) is 3.58. The van der Waals surface area contributed by atoms with E-state index in [2.05, 4.69) is 5.32 Å². The zero-order chi connectivity index (χ0) is 19.7. The van der Waals surface area contributed by atoms with Gasteiger partial charge in [0.1, 0.15) is 5.60 Å². The van der Waals surface area contributed by atoms with Gasteiger partial charge in [0.25, 0.3) is 0 Å². The normalized spacial score (nSPS) is 30.1. The number of fused-ring (bicyclic) bond motifs is 1. The van der Waals surface area contributed by atoms with Gasteiger partial charge in [-0.2, -0.15) is 0 Å². The summed E-state index contributed by atoms with van der Waals surface area (Å²) in [6.45, 7) is 4.61. The van der Waals surface area contributed by atoms with Crippen molar-refractivity contribution >= 4 is 23.4 Å². The highest BCUT2D eigenvalue weighted by Gasteiger charge is 2.66. The van der Waals surface area contributed by atoms with Crippen LogP contribution in [0.15, 0.2) is 36.4 Å². The van der Waals surface area contributed by atoms with E-state index in [1.54, 1.807) is 4.90 Å². The number of ether oxygens (including phenoxy) is 2. The Morgan fingerprint density at radius 2 is 2.25 bits per heavy atom. The van der Waals surface area contributed by atoms with E-state index in [1.165, 1.54) is 0 Å². The number of amides is 2. The van der Waals surface area contributed by atoms with E-state index >= 15 is 0 Å². The Balaban J connectivity index is 1.45. The number of halogens is 1. The van der Waals surface area contributed by atoms with Crippen molar-refractivity contribution in [2.45, 2.75) is 31.6 Å². The number of hydrogen-bond acceptors (Lipinski definition) is 4. The fraction of sp³-hybridized carbons (Fsp3) is 0.524. The van der Waals surface area contributed by atoms with Gasteiger partial charge in [-0.1, -0.05) is 42.0 Å². The van der Waals surface area contributed by atoms with Crippen LogP contribution in [0.5, 0.6) is 0 Å². The van der Waals surface area contributed by atoms with Gasteiger partial charge in [0, 0.05) is 31.3 Å². The van der Waals surface area contributed by atoms with Gasteiger partial charge in [-0.25, -0.2) is 0 Å². The second kappa shape index (κ2) is 7.85. The first-order valence-electron chi connectivity index (χ1n) is 9.80. The number of benzene rings is 1. The average Bonchev–Trinajstić information content (AvgIpc) is 3.32. The topological polar surface area (TPSA) is 67.9 Å². The van der Waals surface area contributed by atoms with E-state index in [1.807, 2.05) is 43.3 Å². The monoisotopic (exact) mass is 404 g/mol. The van der Waals surface area contributed by atoms with Crippen LogP contribution in [0.1, 0.15) is 18.9 Å². The number of likely N-dealkylation sites (tertiary alicyclic amines) is 1. The lowest BCUT2D eigenvalue weighted by molar-refractivity contribution is -0.137. The largest absolute Gasteiger partial charge is 0.382 e. The van der Waals surface area contributed by atoms with Gasteiger partial charge in [-0.3, -0.25) is 9.59 Å². The second-order valence-electron chi connectivity index (χ2n) is 7.53. The Morgan fingerprint density at radius 3 is 3.04 bits per heavy atom. The van der Waals surface area contributed by atoms with Crippen LogP contribution >= 0.6 is 11.6 Å². The third-order valence-electron chi connectivity index (χ3n) is 5.77. The molecule has 1 aromatic rings. The van der Waals surface area contributed by atoms with Crippen LogP contribution in [0, 0.1) is 11.8 Å². The molecule has 4 rings (SSSR count). The third-order valence-corrected chi connectivity index (χ3v) is 6.14. The molecule has 1 N–H and O–H groups in total. The summed E-state index contributed by atoms with van der Waals surface area (Å²) in [7, 11) is 0. The van der Waals surface area contributed by atoms with E-state index in [4.69, 9.17) is 21.1 Å². The van der Waals surface area contributed by atoms with E-state index in [9.17, 15) is 9.59 Å². The Bertz CT molecular complexity index is 798. The third kappa shape index (κ3) is 3.34. The quantitative estimate of drug-likeness (QED) is 0.532. The molecule has 3 aliphatic heterocycles. The van der Waals surface area contributed by atoms with Crippen molar-refractivity contribution in [3.8, 4) is 0 Å². The van der Waals surface area contributed by atoms with Gasteiger partial charge in [-0.15, -0.1) is 0 Å². The first-order chi connectivity index (χ1) is 13.6. The summed E-state index contributed by atoms with van der Waals surface area (Å²) in [5.74, 6) is -1.12. The first-order valence-corrected chi connectivity index (χ1v) is 10.2. The smallest absolute Gasteiger partial charge is 0.230 e. The highest BCUT2D eigenvalue weighted by molar-refractivity contribution is 6.31. The van der Waals surface area contributed by atoms with Crippen molar-refractivity contribution in [3.63, 3.8) is 0 Å². The molecule has 1 aromatic carbocycles. The number of hydrogen-bond donors (Lipinski definition) is 1. The summed E-state index contributed by atoms with van der Waals surface area (Å²) < 4.78 is 11.4. The molecule has 0 aromatic heterocycles. The fourth-order valence-corrected chi connectivity index (χ4v) is 4.69. The molecule has 2 amide bonds. The van der Waals surface area contributed by atoms with Gasteiger partial charge >= 0.3 is 0 Å². The first kappa shape index (κ1) is 19.4. The van der Waals surface area contributed by atoms with Gasteiger partial charge in [0.15, 0.2) is 0 Å². The fourth-order valence-electron chi connectivity index (χ4n) is 4.49. The summed E-state index contributed by atoms with van der Waals surface area (Å²) in [4.78, 5) is 27.8. The molecule has 0 unspecified atom stereocenters. The maximum absolute atomic E-state index is 13.2.